The highest BCUT2D eigenvalue weighted by molar-refractivity contribution is 5.40. The number of nitrogens with one attached hydrogen (secondary N) is 1. The molecule has 1 aliphatic rings. The molecule has 3 N–H and O–H groups in total. The second-order valence-electron chi connectivity index (χ2n) is 4.81. The van der Waals surface area contributed by atoms with E-state index in [1.54, 1.807) is 6.07 Å². The van der Waals surface area contributed by atoms with Gasteiger partial charge in [-0.15, -0.1) is 0 Å². The van der Waals surface area contributed by atoms with Gasteiger partial charge in [0.2, 0.25) is 0 Å². The Hall–Kier alpha value is -1.26. The second-order valence-corrected chi connectivity index (χ2v) is 4.81. The number of rotatable bonds is 3. The van der Waals surface area contributed by atoms with E-state index in [9.17, 15) is 10.2 Å². The predicted octanol–water partition coefficient (Wildman–Crippen LogP) is 1.28. The van der Waals surface area contributed by atoms with E-state index in [0.29, 0.717) is 6.04 Å². The SMILES string of the molecule is CN1CCCC(NCc2ccc(O)c(O)c2)C1. The lowest BCUT2D eigenvalue weighted by Gasteiger charge is -2.30. The summed E-state index contributed by atoms with van der Waals surface area (Å²) in [6.45, 7) is 2.98. The first kappa shape index (κ1) is 12.2. The maximum Gasteiger partial charge on any atom is 0.157 e. The lowest BCUT2D eigenvalue weighted by molar-refractivity contribution is 0.226. The van der Waals surface area contributed by atoms with Gasteiger partial charge in [-0.3, -0.25) is 0 Å². The second kappa shape index (κ2) is 5.38. The number of hydrogen-bond donors (Lipinski definition) is 3. The summed E-state index contributed by atoms with van der Waals surface area (Å²) in [4.78, 5) is 2.33. The van der Waals surface area contributed by atoms with Crippen LogP contribution in [0, 0.1) is 0 Å². The van der Waals surface area contributed by atoms with Crippen LogP contribution in [0.2, 0.25) is 0 Å². The van der Waals surface area contributed by atoms with E-state index in [2.05, 4.69) is 17.3 Å². The standard InChI is InChI=1S/C13H20N2O2/c1-15-6-2-3-11(9-15)14-8-10-4-5-12(16)13(17)7-10/h4-5,7,11,14,16-17H,2-3,6,8-9H2,1H3. The van der Waals surface area contributed by atoms with Crippen molar-refractivity contribution in [3.63, 3.8) is 0 Å². The van der Waals surface area contributed by atoms with E-state index in [1.807, 2.05) is 6.07 Å². The van der Waals surface area contributed by atoms with Crippen molar-refractivity contribution < 1.29 is 10.2 Å². The fourth-order valence-corrected chi connectivity index (χ4v) is 2.27. The van der Waals surface area contributed by atoms with Gasteiger partial charge in [-0.2, -0.15) is 0 Å². The number of nitrogens with zero attached hydrogens (tertiary/aromatic N) is 1. The molecule has 0 bridgehead atoms. The average Bonchev–Trinajstić information content (AvgIpc) is 2.31. The Morgan fingerprint density at radius 3 is 2.88 bits per heavy atom. The van der Waals surface area contributed by atoms with Gasteiger partial charge < -0.3 is 20.4 Å². The van der Waals surface area contributed by atoms with Crippen molar-refractivity contribution in [1.29, 1.82) is 0 Å². The summed E-state index contributed by atoms with van der Waals surface area (Å²) in [7, 11) is 2.14. The van der Waals surface area contributed by atoms with Gasteiger partial charge >= 0.3 is 0 Å². The van der Waals surface area contributed by atoms with Crippen molar-refractivity contribution in [3.8, 4) is 11.5 Å². The predicted molar refractivity (Wildman–Crippen MR) is 67.1 cm³/mol. The maximum absolute atomic E-state index is 9.39. The number of benzene rings is 1. The van der Waals surface area contributed by atoms with Gasteiger partial charge in [0.15, 0.2) is 11.5 Å². The summed E-state index contributed by atoms with van der Waals surface area (Å²) in [5.41, 5.74) is 0.994. The van der Waals surface area contributed by atoms with E-state index in [-0.39, 0.29) is 11.5 Å². The van der Waals surface area contributed by atoms with Crippen LogP contribution in [0.25, 0.3) is 0 Å². The molecule has 1 aromatic rings. The first-order valence-electron chi connectivity index (χ1n) is 6.08. The van der Waals surface area contributed by atoms with Crippen LogP contribution in [0.5, 0.6) is 11.5 Å². The molecule has 0 aromatic heterocycles. The summed E-state index contributed by atoms with van der Waals surface area (Å²) in [6, 6.07) is 5.48. The Labute approximate surface area is 102 Å². The highest BCUT2D eigenvalue weighted by atomic mass is 16.3. The third kappa shape index (κ3) is 3.35. The molecule has 1 heterocycles. The van der Waals surface area contributed by atoms with Crippen molar-refractivity contribution in [2.24, 2.45) is 0 Å². The highest BCUT2D eigenvalue weighted by Gasteiger charge is 2.16. The molecule has 0 aliphatic carbocycles. The molecule has 1 atom stereocenters. The number of likely N-dealkylation sites (N-methyl/N-ethyl adjacent to an activating group) is 1. The monoisotopic (exact) mass is 236 g/mol. The Bertz CT molecular complexity index is 382. The zero-order valence-corrected chi connectivity index (χ0v) is 10.2. The third-order valence-electron chi connectivity index (χ3n) is 3.26. The number of aromatic hydroxyl groups is 2. The molecule has 0 saturated carbocycles. The van der Waals surface area contributed by atoms with Crippen molar-refractivity contribution in [2.45, 2.75) is 25.4 Å². The average molecular weight is 236 g/mol. The number of likely N-dealkylation sites (tertiary alicyclic amines) is 1. The number of piperidine rings is 1. The van der Waals surface area contributed by atoms with Gasteiger partial charge in [0.1, 0.15) is 0 Å². The number of phenolic OH excluding ortho intramolecular Hbond substituents is 2. The Balaban J connectivity index is 1.86. The maximum atomic E-state index is 9.39. The Morgan fingerprint density at radius 1 is 1.35 bits per heavy atom. The molecule has 4 heteroatoms. The van der Waals surface area contributed by atoms with Crippen molar-refractivity contribution >= 4 is 0 Å². The van der Waals surface area contributed by atoms with Gasteiger partial charge in [-0.05, 0) is 44.1 Å². The minimum Gasteiger partial charge on any atom is -0.504 e. The van der Waals surface area contributed by atoms with E-state index >= 15 is 0 Å². The van der Waals surface area contributed by atoms with E-state index in [1.165, 1.54) is 25.5 Å². The molecule has 1 unspecified atom stereocenters. The third-order valence-corrected chi connectivity index (χ3v) is 3.26. The summed E-state index contributed by atoms with van der Waals surface area (Å²) in [6.07, 6.45) is 2.43. The Morgan fingerprint density at radius 2 is 2.18 bits per heavy atom. The van der Waals surface area contributed by atoms with Gasteiger partial charge in [0.25, 0.3) is 0 Å². The van der Waals surface area contributed by atoms with Crippen LogP contribution in [-0.2, 0) is 6.54 Å². The molecule has 1 aliphatic heterocycles. The normalized spacial score (nSPS) is 21.6. The molecule has 0 spiro atoms. The molecule has 1 fully saturated rings. The van der Waals surface area contributed by atoms with Crippen LogP contribution in [0.15, 0.2) is 18.2 Å². The molecule has 2 rings (SSSR count). The van der Waals surface area contributed by atoms with Crippen LogP contribution >= 0.6 is 0 Å². The molecule has 4 nitrogen and oxygen atoms in total. The molecule has 1 saturated heterocycles. The highest BCUT2D eigenvalue weighted by Crippen LogP contribution is 2.24. The van der Waals surface area contributed by atoms with Crippen LogP contribution < -0.4 is 5.32 Å². The zero-order chi connectivity index (χ0) is 12.3. The van der Waals surface area contributed by atoms with Crippen molar-refractivity contribution in [2.75, 3.05) is 20.1 Å². The fourth-order valence-electron chi connectivity index (χ4n) is 2.27. The van der Waals surface area contributed by atoms with Crippen molar-refractivity contribution in [1.82, 2.24) is 10.2 Å². The topological polar surface area (TPSA) is 55.7 Å². The first-order valence-corrected chi connectivity index (χ1v) is 6.08. The summed E-state index contributed by atoms with van der Waals surface area (Å²) < 4.78 is 0. The lowest BCUT2D eigenvalue weighted by atomic mass is 10.1. The van der Waals surface area contributed by atoms with E-state index < -0.39 is 0 Å². The summed E-state index contributed by atoms with van der Waals surface area (Å²) in [5.74, 6) is -0.115. The molecule has 17 heavy (non-hydrogen) atoms. The minimum atomic E-state index is -0.0638. The molecule has 0 amide bonds. The minimum absolute atomic E-state index is 0.0509. The lowest BCUT2D eigenvalue weighted by Crippen LogP contribution is -2.43. The van der Waals surface area contributed by atoms with Crippen LogP contribution in [-0.4, -0.2) is 41.3 Å². The van der Waals surface area contributed by atoms with Gasteiger partial charge in [-0.1, -0.05) is 6.07 Å². The van der Waals surface area contributed by atoms with Crippen molar-refractivity contribution in [3.05, 3.63) is 23.8 Å². The van der Waals surface area contributed by atoms with Crippen LogP contribution in [0.4, 0.5) is 0 Å². The molecule has 1 aromatic carbocycles. The van der Waals surface area contributed by atoms with E-state index in [0.717, 1.165) is 18.7 Å². The summed E-state index contributed by atoms with van der Waals surface area (Å²) >= 11 is 0. The fraction of sp³-hybridized carbons (Fsp3) is 0.538. The van der Waals surface area contributed by atoms with E-state index in [4.69, 9.17) is 0 Å². The largest absolute Gasteiger partial charge is 0.504 e. The number of hydrogen-bond acceptors (Lipinski definition) is 4. The van der Waals surface area contributed by atoms with Crippen LogP contribution in [0.3, 0.4) is 0 Å². The molecule has 0 radical (unpaired) electrons. The molecular weight excluding hydrogens is 216 g/mol. The quantitative estimate of drug-likeness (QED) is 0.692. The van der Waals surface area contributed by atoms with Gasteiger partial charge in [0.05, 0.1) is 0 Å². The first-order chi connectivity index (χ1) is 8.15. The summed E-state index contributed by atoms with van der Waals surface area (Å²) in [5, 5.41) is 22.1. The van der Waals surface area contributed by atoms with Crippen LogP contribution in [0.1, 0.15) is 18.4 Å². The zero-order valence-electron chi connectivity index (χ0n) is 10.2. The smallest absolute Gasteiger partial charge is 0.157 e. The Kier molecular flexibility index (Phi) is 3.86. The molecule has 94 valence electrons. The van der Waals surface area contributed by atoms with Gasteiger partial charge in [-0.25, -0.2) is 0 Å². The van der Waals surface area contributed by atoms with Gasteiger partial charge in [0, 0.05) is 19.1 Å². The number of phenols is 2. The molecular formula is C13H20N2O2.